The number of amides is 1. The molecule has 1 amide bonds. The number of aliphatic hydroxyl groups is 2. The lowest BCUT2D eigenvalue weighted by Crippen LogP contribution is -2.45. The molecule has 0 aromatic heterocycles. The van der Waals surface area contributed by atoms with Gasteiger partial charge in [0.15, 0.2) is 0 Å². The van der Waals surface area contributed by atoms with E-state index in [0.717, 1.165) is 44.9 Å². The third-order valence-corrected chi connectivity index (χ3v) is 15.1. The smallest absolute Gasteiger partial charge is 0.305 e. The van der Waals surface area contributed by atoms with Crippen molar-refractivity contribution in [3.05, 3.63) is 12.2 Å². The Bertz CT molecular complexity index is 1050. The fraction of sp³-hybridized carbons (Fsp3) is 0.938. The Morgan fingerprint density at radius 3 is 1.01 bits per heavy atom. The fourth-order valence-electron chi connectivity index (χ4n) is 10.2. The van der Waals surface area contributed by atoms with Crippen molar-refractivity contribution in [2.45, 2.75) is 373 Å². The summed E-state index contributed by atoms with van der Waals surface area (Å²) < 4.78 is 5.49. The molecule has 2 atom stereocenters. The molecule has 3 N–H and O–H groups in total. The summed E-state index contributed by atoms with van der Waals surface area (Å²) in [4.78, 5) is 24.6. The van der Waals surface area contributed by atoms with Gasteiger partial charge in [-0.05, 0) is 51.4 Å². The zero-order valence-electron chi connectivity index (χ0n) is 47.5. The Labute approximate surface area is 438 Å². The lowest BCUT2D eigenvalue weighted by Gasteiger charge is -2.22. The van der Waals surface area contributed by atoms with Gasteiger partial charge in [-0.2, -0.15) is 0 Å². The van der Waals surface area contributed by atoms with Crippen molar-refractivity contribution in [2.24, 2.45) is 0 Å². The summed E-state index contributed by atoms with van der Waals surface area (Å²) in [5.74, 6) is -0.0279. The molecule has 70 heavy (non-hydrogen) atoms. The Balaban J connectivity index is 3.38. The zero-order valence-corrected chi connectivity index (χ0v) is 47.5. The van der Waals surface area contributed by atoms with Crippen molar-refractivity contribution in [3.8, 4) is 0 Å². The number of carbonyl (C=O) groups excluding carboxylic acids is 2. The number of rotatable bonds is 60. The zero-order chi connectivity index (χ0) is 50.7. The molecule has 0 saturated heterocycles. The highest BCUT2D eigenvalue weighted by Gasteiger charge is 2.20. The summed E-state index contributed by atoms with van der Waals surface area (Å²) in [6.07, 6.45) is 72.2. The van der Waals surface area contributed by atoms with Crippen molar-refractivity contribution >= 4 is 11.9 Å². The molecule has 0 fully saturated rings. The highest BCUT2D eigenvalue weighted by molar-refractivity contribution is 5.76. The molecule has 0 aromatic carbocycles. The monoisotopic (exact) mass is 988 g/mol. The number of allylic oxidation sites excluding steroid dienone is 2. The van der Waals surface area contributed by atoms with Crippen molar-refractivity contribution in [3.63, 3.8) is 0 Å². The quantitative estimate of drug-likeness (QED) is 0.0321. The van der Waals surface area contributed by atoms with Crippen LogP contribution in [-0.4, -0.2) is 47.4 Å². The lowest BCUT2D eigenvalue weighted by molar-refractivity contribution is -0.143. The van der Waals surface area contributed by atoms with E-state index in [2.05, 4.69) is 31.3 Å². The van der Waals surface area contributed by atoms with Crippen molar-refractivity contribution < 1.29 is 24.5 Å². The minimum Gasteiger partial charge on any atom is -0.466 e. The summed E-state index contributed by atoms with van der Waals surface area (Å²) in [6, 6.07) is -0.543. The number of hydrogen-bond donors (Lipinski definition) is 3. The van der Waals surface area contributed by atoms with Crippen LogP contribution >= 0.6 is 0 Å². The van der Waals surface area contributed by atoms with E-state index in [1.807, 2.05) is 0 Å². The highest BCUT2D eigenvalue weighted by Crippen LogP contribution is 2.18. The fourth-order valence-corrected chi connectivity index (χ4v) is 10.2. The van der Waals surface area contributed by atoms with Crippen LogP contribution in [0, 0.1) is 0 Å². The second-order valence-corrected chi connectivity index (χ2v) is 22.1. The van der Waals surface area contributed by atoms with Gasteiger partial charge in [0.25, 0.3) is 0 Å². The molecular weight excluding hydrogens is 863 g/mol. The molecule has 416 valence electrons. The average molecular weight is 989 g/mol. The molecule has 0 spiro atoms. The number of nitrogens with one attached hydrogen (secondary N) is 1. The van der Waals surface area contributed by atoms with E-state index in [4.69, 9.17) is 4.74 Å². The van der Waals surface area contributed by atoms with Gasteiger partial charge in [0.1, 0.15) is 0 Å². The highest BCUT2D eigenvalue weighted by atomic mass is 16.5. The Kier molecular flexibility index (Phi) is 59.0. The first-order valence-electron chi connectivity index (χ1n) is 31.9. The molecule has 0 aliphatic carbocycles. The van der Waals surface area contributed by atoms with Crippen molar-refractivity contribution in [2.75, 3.05) is 13.2 Å². The SMILES string of the molecule is CCCCCCCC/C=C\CCCCCCCCCC(=O)OCCCCCCCCCCCCCCCCCCCCCC(=O)NC(CO)C(O)CCCCCCCCCCCCCCCCCCC. The van der Waals surface area contributed by atoms with E-state index in [0.29, 0.717) is 25.9 Å². The summed E-state index contributed by atoms with van der Waals surface area (Å²) in [7, 11) is 0. The molecule has 0 aliphatic rings. The summed E-state index contributed by atoms with van der Waals surface area (Å²) in [6.45, 7) is 4.97. The molecule has 0 saturated carbocycles. The van der Waals surface area contributed by atoms with Crippen LogP contribution in [0.3, 0.4) is 0 Å². The topological polar surface area (TPSA) is 95.9 Å². The van der Waals surface area contributed by atoms with E-state index in [9.17, 15) is 19.8 Å². The molecule has 6 nitrogen and oxygen atoms in total. The van der Waals surface area contributed by atoms with Crippen LogP contribution in [-0.2, 0) is 14.3 Å². The number of aliphatic hydroxyl groups excluding tert-OH is 2. The van der Waals surface area contributed by atoms with E-state index in [-0.39, 0.29) is 18.5 Å². The average Bonchev–Trinajstić information content (AvgIpc) is 3.36. The van der Waals surface area contributed by atoms with E-state index >= 15 is 0 Å². The maximum absolute atomic E-state index is 12.5. The first-order valence-corrected chi connectivity index (χ1v) is 31.9. The summed E-state index contributed by atoms with van der Waals surface area (Å²) >= 11 is 0. The van der Waals surface area contributed by atoms with Gasteiger partial charge < -0.3 is 20.3 Å². The predicted molar refractivity (Wildman–Crippen MR) is 306 cm³/mol. The lowest BCUT2D eigenvalue weighted by atomic mass is 10.0. The van der Waals surface area contributed by atoms with E-state index in [1.54, 1.807) is 0 Å². The maximum atomic E-state index is 12.5. The van der Waals surface area contributed by atoms with Gasteiger partial charge in [-0.1, -0.05) is 309 Å². The number of unbranched alkanes of at least 4 members (excludes halogenated alkanes) is 47. The number of carbonyl (C=O) groups is 2. The van der Waals surface area contributed by atoms with Gasteiger partial charge in [-0.3, -0.25) is 9.59 Å². The van der Waals surface area contributed by atoms with Crippen LogP contribution < -0.4 is 5.32 Å². The van der Waals surface area contributed by atoms with Crippen LogP contribution in [0.5, 0.6) is 0 Å². The predicted octanol–water partition coefficient (Wildman–Crippen LogP) is 20.0. The van der Waals surface area contributed by atoms with E-state index in [1.165, 1.54) is 283 Å². The number of esters is 1. The van der Waals surface area contributed by atoms with Gasteiger partial charge in [-0.15, -0.1) is 0 Å². The Hall–Kier alpha value is -1.40. The third-order valence-electron chi connectivity index (χ3n) is 15.1. The molecule has 0 rings (SSSR count). The van der Waals surface area contributed by atoms with Crippen LogP contribution in [0.2, 0.25) is 0 Å². The van der Waals surface area contributed by atoms with Crippen LogP contribution in [0.1, 0.15) is 361 Å². The van der Waals surface area contributed by atoms with Crippen LogP contribution in [0.15, 0.2) is 12.2 Å². The Morgan fingerprint density at radius 1 is 0.386 bits per heavy atom. The van der Waals surface area contributed by atoms with Crippen molar-refractivity contribution in [1.29, 1.82) is 0 Å². The third kappa shape index (κ3) is 55.9. The molecule has 0 aromatic rings. The molecular formula is C64H125NO5. The van der Waals surface area contributed by atoms with Crippen LogP contribution in [0.4, 0.5) is 0 Å². The van der Waals surface area contributed by atoms with E-state index < -0.39 is 12.1 Å². The van der Waals surface area contributed by atoms with Gasteiger partial charge in [0.05, 0.1) is 25.4 Å². The number of hydrogen-bond acceptors (Lipinski definition) is 5. The molecule has 2 unspecified atom stereocenters. The van der Waals surface area contributed by atoms with Gasteiger partial charge in [0, 0.05) is 12.8 Å². The Morgan fingerprint density at radius 2 is 0.671 bits per heavy atom. The molecule has 0 heterocycles. The number of ether oxygens (including phenoxy) is 1. The second-order valence-electron chi connectivity index (χ2n) is 22.1. The minimum absolute atomic E-state index is 0.00673. The molecule has 0 bridgehead atoms. The van der Waals surface area contributed by atoms with Crippen molar-refractivity contribution in [1.82, 2.24) is 5.32 Å². The molecule has 0 radical (unpaired) electrons. The first kappa shape index (κ1) is 68.6. The van der Waals surface area contributed by atoms with Gasteiger partial charge in [0.2, 0.25) is 5.91 Å². The molecule has 6 heteroatoms. The summed E-state index contributed by atoms with van der Waals surface area (Å²) in [5, 5.41) is 23.3. The van der Waals surface area contributed by atoms with Gasteiger partial charge >= 0.3 is 5.97 Å². The normalized spacial score (nSPS) is 12.6. The van der Waals surface area contributed by atoms with Crippen LogP contribution in [0.25, 0.3) is 0 Å². The van der Waals surface area contributed by atoms with Gasteiger partial charge in [-0.25, -0.2) is 0 Å². The minimum atomic E-state index is -0.666. The second kappa shape index (κ2) is 60.2. The largest absolute Gasteiger partial charge is 0.466 e. The maximum Gasteiger partial charge on any atom is 0.305 e. The molecule has 0 aliphatic heterocycles. The summed E-state index contributed by atoms with van der Waals surface area (Å²) in [5.41, 5.74) is 0. The standard InChI is InChI=1S/C64H125NO5/c1-3-5-7-9-11-13-15-17-19-24-28-32-36-40-44-48-52-56-62(67)61(60-66)65-63(68)57-53-49-45-41-37-33-29-26-22-21-23-27-31-35-39-43-47-51-55-59-70-64(69)58-54-50-46-42-38-34-30-25-20-18-16-14-12-10-8-6-4-2/h18,20,61-62,66-67H,3-17,19,21-60H2,1-2H3,(H,65,68)/b20-18-. The first-order chi connectivity index (χ1) is 34.5.